The largest absolute Gasteiger partial charge is 0.333 e. The molecule has 0 radical (unpaired) electrons. The highest BCUT2D eigenvalue weighted by Gasteiger charge is 2.09. The van der Waals surface area contributed by atoms with Crippen molar-refractivity contribution in [2.75, 3.05) is 12.1 Å². The van der Waals surface area contributed by atoms with Crippen LogP contribution in [-0.2, 0) is 0 Å². The van der Waals surface area contributed by atoms with Crippen LogP contribution in [-0.4, -0.2) is 17.7 Å². The molecule has 1 aliphatic carbocycles. The molecule has 0 fully saturated rings. The number of hydrogen-bond acceptors (Lipinski definition) is 4. The van der Waals surface area contributed by atoms with Crippen molar-refractivity contribution >= 4 is 23.6 Å². The van der Waals surface area contributed by atoms with Crippen molar-refractivity contribution in [2.24, 2.45) is 10.8 Å². The van der Waals surface area contributed by atoms with Gasteiger partial charge in [0.05, 0.1) is 11.4 Å². The molecule has 0 saturated heterocycles. The Kier molecular flexibility index (Phi) is 8.37. The Morgan fingerprint density at radius 1 is 0.964 bits per heavy atom. The molecule has 2 N–H and O–H groups in total. The van der Waals surface area contributed by atoms with Gasteiger partial charge in [-0.1, -0.05) is 50.3 Å². The first-order chi connectivity index (χ1) is 13.8. The van der Waals surface area contributed by atoms with Gasteiger partial charge >= 0.3 is 0 Å². The first-order valence-electron chi connectivity index (χ1n) is 9.81. The van der Waals surface area contributed by atoms with Gasteiger partial charge in [0.15, 0.2) is 0 Å². The van der Waals surface area contributed by atoms with Gasteiger partial charge in [0, 0.05) is 35.7 Å². The zero-order valence-corrected chi connectivity index (χ0v) is 17.3. The van der Waals surface area contributed by atoms with Crippen LogP contribution in [0, 0.1) is 0 Å². The van der Waals surface area contributed by atoms with Crippen LogP contribution < -0.4 is 10.7 Å². The predicted octanol–water partition coefficient (Wildman–Crippen LogP) is 5.88. The van der Waals surface area contributed by atoms with E-state index in [1.165, 1.54) is 12.6 Å². The molecule has 0 amide bonds. The zero-order chi connectivity index (χ0) is 20.4. The number of pyridine rings is 1. The molecule has 146 valence electrons. The van der Waals surface area contributed by atoms with Gasteiger partial charge in [0.2, 0.25) is 0 Å². The SMILES string of the molecule is CC.CC1=NN(c2cccc(-c3cnc4c(c3)C=CCC=C4)c2)C=CC1.CN. The Morgan fingerprint density at radius 3 is 2.54 bits per heavy atom. The van der Waals surface area contributed by atoms with E-state index in [4.69, 9.17) is 0 Å². The van der Waals surface area contributed by atoms with E-state index < -0.39 is 0 Å². The predicted molar refractivity (Wildman–Crippen MR) is 123 cm³/mol. The number of hydrazone groups is 1. The van der Waals surface area contributed by atoms with Gasteiger partial charge in [-0.15, -0.1) is 0 Å². The third-order valence-electron chi connectivity index (χ3n) is 4.18. The van der Waals surface area contributed by atoms with E-state index in [1.807, 2.05) is 31.3 Å². The van der Waals surface area contributed by atoms with E-state index in [-0.39, 0.29) is 0 Å². The van der Waals surface area contributed by atoms with Crippen molar-refractivity contribution in [3.8, 4) is 11.1 Å². The molecule has 0 atom stereocenters. The maximum atomic E-state index is 4.62. The van der Waals surface area contributed by atoms with E-state index in [1.54, 1.807) is 0 Å². The summed E-state index contributed by atoms with van der Waals surface area (Å²) in [7, 11) is 1.50. The minimum absolute atomic E-state index is 0.921. The van der Waals surface area contributed by atoms with Crippen LogP contribution in [0.1, 0.15) is 44.9 Å². The number of nitrogens with two attached hydrogens (primary N) is 1. The smallest absolute Gasteiger partial charge is 0.0699 e. The van der Waals surface area contributed by atoms with Crippen molar-refractivity contribution in [1.82, 2.24) is 4.98 Å². The number of fused-ring (bicyclic) bond motifs is 1. The summed E-state index contributed by atoms with van der Waals surface area (Å²) in [5, 5.41) is 6.53. The molecule has 1 aromatic heterocycles. The minimum atomic E-state index is 0.921. The summed E-state index contributed by atoms with van der Waals surface area (Å²) in [5.41, 5.74) is 11.1. The summed E-state index contributed by atoms with van der Waals surface area (Å²) >= 11 is 0. The molecule has 2 aromatic rings. The lowest BCUT2D eigenvalue weighted by molar-refractivity contribution is 1.03. The van der Waals surface area contributed by atoms with E-state index in [9.17, 15) is 0 Å². The highest BCUT2D eigenvalue weighted by molar-refractivity contribution is 5.85. The van der Waals surface area contributed by atoms with Gasteiger partial charge < -0.3 is 5.73 Å². The average Bonchev–Trinajstić information content (AvgIpc) is 3.01. The van der Waals surface area contributed by atoms with Crippen molar-refractivity contribution in [1.29, 1.82) is 0 Å². The molecule has 0 unspecified atom stereocenters. The zero-order valence-electron chi connectivity index (χ0n) is 17.3. The Hall–Kier alpha value is -2.98. The topological polar surface area (TPSA) is 54.5 Å². The number of rotatable bonds is 2. The summed E-state index contributed by atoms with van der Waals surface area (Å²) in [6.07, 6.45) is 16.5. The monoisotopic (exact) mass is 374 g/mol. The lowest BCUT2D eigenvalue weighted by Crippen LogP contribution is -2.14. The Labute approximate surface area is 168 Å². The molecule has 0 spiro atoms. The normalized spacial score (nSPS) is 14.0. The first-order valence-corrected chi connectivity index (χ1v) is 9.81. The fourth-order valence-corrected chi connectivity index (χ4v) is 2.93. The molecule has 0 bridgehead atoms. The molecule has 1 aliphatic heterocycles. The fourth-order valence-electron chi connectivity index (χ4n) is 2.93. The van der Waals surface area contributed by atoms with Crippen molar-refractivity contribution in [3.63, 3.8) is 0 Å². The quantitative estimate of drug-likeness (QED) is 0.714. The summed E-state index contributed by atoms with van der Waals surface area (Å²) in [6, 6.07) is 10.6. The van der Waals surface area contributed by atoms with Gasteiger partial charge in [-0.2, -0.15) is 5.10 Å². The van der Waals surface area contributed by atoms with Crippen LogP contribution in [0.25, 0.3) is 23.3 Å². The van der Waals surface area contributed by atoms with E-state index in [0.29, 0.717) is 0 Å². The number of anilines is 1. The Bertz CT molecular complexity index is 891. The number of nitrogens with zero attached hydrogens (tertiary/aromatic N) is 3. The number of allylic oxidation sites excluding steroid dienone is 3. The second kappa shape index (κ2) is 11.0. The molecule has 2 aliphatic rings. The second-order valence-corrected chi connectivity index (χ2v) is 6.06. The number of benzene rings is 1. The van der Waals surface area contributed by atoms with Crippen LogP contribution in [0.3, 0.4) is 0 Å². The van der Waals surface area contributed by atoms with Gasteiger partial charge in [-0.05, 0) is 50.2 Å². The molecule has 0 saturated carbocycles. The average molecular weight is 375 g/mol. The van der Waals surface area contributed by atoms with Crippen LogP contribution in [0.4, 0.5) is 5.69 Å². The molecular formula is C24H30N4. The fraction of sp³-hybridized carbons (Fsp3) is 0.250. The van der Waals surface area contributed by atoms with Crippen molar-refractivity contribution in [2.45, 2.75) is 33.6 Å². The molecule has 4 nitrogen and oxygen atoms in total. The number of aromatic nitrogens is 1. The van der Waals surface area contributed by atoms with E-state index in [2.05, 4.69) is 83.5 Å². The molecule has 4 heteroatoms. The highest BCUT2D eigenvalue weighted by Crippen LogP contribution is 2.28. The lowest BCUT2D eigenvalue weighted by Gasteiger charge is -2.19. The highest BCUT2D eigenvalue weighted by atomic mass is 15.4. The standard InChI is InChI=1S/C21H19N3.C2H6.CH5N/c1-16-7-6-12-24(23-16)20-10-5-9-17(14-20)19-13-18-8-3-2-4-11-21(18)22-15-19;2*1-2/h3-6,8-15H,2,7H2,1H3;1-2H3;2H2,1H3. The molecule has 1 aromatic carbocycles. The van der Waals surface area contributed by atoms with Gasteiger partial charge in [-0.25, -0.2) is 5.01 Å². The van der Waals surface area contributed by atoms with Crippen LogP contribution >= 0.6 is 0 Å². The van der Waals surface area contributed by atoms with Gasteiger partial charge in [0.1, 0.15) is 0 Å². The summed E-state index contributed by atoms with van der Waals surface area (Å²) in [4.78, 5) is 4.62. The molecule has 2 heterocycles. The van der Waals surface area contributed by atoms with Crippen LogP contribution in [0.15, 0.2) is 66.1 Å². The Balaban J connectivity index is 0.000000660. The van der Waals surface area contributed by atoms with Gasteiger partial charge in [-0.3, -0.25) is 4.98 Å². The van der Waals surface area contributed by atoms with E-state index >= 15 is 0 Å². The number of hydrogen-bond donors (Lipinski definition) is 1. The van der Waals surface area contributed by atoms with Gasteiger partial charge in [0.25, 0.3) is 0 Å². The summed E-state index contributed by atoms with van der Waals surface area (Å²) in [5.74, 6) is 0. The minimum Gasteiger partial charge on any atom is -0.333 e. The van der Waals surface area contributed by atoms with Crippen molar-refractivity contribution < 1.29 is 0 Å². The molecule has 4 rings (SSSR count). The third kappa shape index (κ3) is 5.27. The summed E-state index contributed by atoms with van der Waals surface area (Å²) in [6.45, 7) is 6.05. The van der Waals surface area contributed by atoms with Crippen molar-refractivity contribution in [3.05, 3.63) is 72.2 Å². The van der Waals surface area contributed by atoms with E-state index in [0.717, 1.165) is 41.1 Å². The second-order valence-electron chi connectivity index (χ2n) is 6.06. The van der Waals surface area contributed by atoms with Crippen LogP contribution in [0.2, 0.25) is 0 Å². The molecule has 28 heavy (non-hydrogen) atoms. The third-order valence-corrected chi connectivity index (χ3v) is 4.18. The lowest BCUT2D eigenvalue weighted by atomic mass is 10.0. The van der Waals surface area contributed by atoms with Crippen LogP contribution in [0.5, 0.6) is 0 Å². The summed E-state index contributed by atoms with van der Waals surface area (Å²) < 4.78 is 0. The maximum Gasteiger partial charge on any atom is 0.0699 e. The Morgan fingerprint density at radius 2 is 1.75 bits per heavy atom. The molecular weight excluding hydrogens is 344 g/mol. The maximum absolute atomic E-state index is 4.62. The first kappa shape index (κ1) is 21.3.